The third-order valence-corrected chi connectivity index (χ3v) is 5.60. The van der Waals surface area contributed by atoms with Crippen molar-refractivity contribution >= 4 is 11.8 Å². The molecular formula is C19H36N4O2. The van der Waals surface area contributed by atoms with Crippen LogP contribution in [-0.4, -0.2) is 84.4 Å². The maximum atomic E-state index is 12.8. The zero-order valence-electron chi connectivity index (χ0n) is 16.5. The van der Waals surface area contributed by atoms with E-state index in [4.69, 9.17) is 0 Å². The summed E-state index contributed by atoms with van der Waals surface area (Å²) in [7, 11) is 1.97. The average molecular weight is 353 g/mol. The molecule has 0 bridgehead atoms. The van der Waals surface area contributed by atoms with Crippen LogP contribution in [0.3, 0.4) is 0 Å². The van der Waals surface area contributed by atoms with E-state index >= 15 is 0 Å². The molecule has 2 fully saturated rings. The van der Waals surface area contributed by atoms with E-state index in [0.717, 1.165) is 39.0 Å². The van der Waals surface area contributed by atoms with Gasteiger partial charge >= 0.3 is 0 Å². The third kappa shape index (κ3) is 5.96. The van der Waals surface area contributed by atoms with Crippen LogP contribution in [0.2, 0.25) is 0 Å². The molecule has 2 rings (SSSR count). The molecule has 1 aliphatic heterocycles. The topological polar surface area (TPSA) is 55.9 Å². The van der Waals surface area contributed by atoms with Crippen molar-refractivity contribution in [2.24, 2.45) is 0 Å². The van der Waals surface area contributed by atoms with Crippen LogP contribution >= 0.6 is 0 Å². The van der Waals surface area contributed by atoms with E-state index < -0.39 is 0 Å². The van der Waals surface area contributed by atoms with Gasteiger partial charge in [-0.3, -0.25) is 19.4 Å². The molecule has 0 aromatic heterocycles. The van der Waals surface area contributed by atoms with Crippen LogP contribution in [0.15, 0.2) is 0 Å². The Morgan fingerprint density at radius 3 is 2.20 bits per heavy atom. The molecule has 25 heavy (non-hydrogen) atoms. The molecule has 1 aliphatic carbocycles. The predicted molar refractivity (Wildman–Crippen MR) is 100 cm³/mol. The van der Waals surface area contributed by atoms with Gasteiger partial charge < -0.3 is 10.2 Å². The van der Waals surface area contributed by atoms with Gasteiger partial charge in [0.05, 0.1) is 12.6 Å². The van der Waals surface area contributed by atoms with Crippen LogP contribution in [0.5, 0.6) is 0 Å². The highest BCUT2D eigenvalue weighted by atomic mass is 16.2. The van der Waals surface area contributed by atoms with Crippen molar-refractivity contribution in [2.75, 3.05) is 39.8 Å². The molecule has 0 radical (unpaired) electrons. The molecule has 1 heterocycles. The Morgan fingerprint density at radius 2 is 1.64 bits per heavy atom. The van der Waals surface area contributed by atoms with Crippen LogP contribution in [0.25, 0.3) is 0 Å². The normalized spacial score (nSPS) is 22.0. The minimum absolute atomic E-state index is 0.0708. The molecule has 2 aliphatic rings. The Balaban J connectivity index is 1.77. The quantitative estimate of drug-likeness (QED) is 0.783. The first-order valence-electron chi connectivity index (χ1n) is 9.91. The lowest BCUT2D eigenvalue weighted by Crippen LogP contribution is -2.56. The van der Waals surface area contributed by atoms with Crippen molar-refractivity contribution in [2.45, 2.75) is 71.0 Å². The summed E-state index contributed by atoms with van der Waals surface area (Å²) in [4.78, 5) is 31.1. The molecule has 1 saturated carbocycles. The summed E-state index contributed by atoms with van der Waals surface area (Å²) < 4.78 is 0. The number of nitrogens with zero attached hydrogens (tertiary/aromatic N) is 3. The monoisotopic (exact) mass is 352 g/mol. The summed E-state index contributed by atoms with van der Waals surface area (Å²) in [6.07, 6.45) is 6.09. The first-order chi connectivity index (χ1) is 11.9. The van der Waals surface area contributed by atoms with E-state index in [1.165, 1.54) is 19.3 Å². The summed E-state index contributed by atoms with van der Waals surface area (Å²) in [5, 5.41) is 2.94. The van der Waals surface area contributed by atoms with Gasteiger partial charge in [-0.1, -0.05) is 19.3 Å². The largest absolute Gasteiger partial charge is 0.353 e. The second-order valence-electron chi connectivity index (χ2n) is 7.95. The molecule has 0 aromatic carbocycles. The Hall–Kier alpha value is -1.14. The van der Waals surface area contributed by atoms with Gasteiger partial charge in [-0.15, -0.1) is 0 Å². The summed E-state index contributed by atoms with van der Waals surface area (Å²) in [5.74, 6) is 0.336. The van der Waals surface area contributed by atoms with E-state index in [1.54, 1.807) is 0 Å². The number of rotatable bonds is 6. The van der Waals surface area contributed by atoms with Gasteiger partial charge in [0.25, 0.3) is 0 Å². The van der Waals surface area contributed by atoms with Gasteiger partial charge in [-0.25, -0.2) is 0 Å². The van der Waals surface area contributed by atoms with Crippen LogP contribution < -0.4 is 5.32 Å². The number of nitrogens with one attached hydrogen (secondary N) is 1. The Morgan fingerprint density at radius 1 is 1.04 bits per heavy atom. The van der Waals surface area contributed by atoms with Gasteiger partial charge in [0.15, 0.2) is 0 Å². The highest BCUT2D eigenvalue weighted by Crippen LogP contribution is 2.22. The number of hydrogen-bond donors (Lipinski definition) is 1. The van der Waals surface area contributed by atoms with Crippen LogP contribution in [0.1, 0.15) is 52.9 Å². The van der Waals surface area contributed by atoms with E-state index in [9.17, 15) is 9.59 Å². The van der Waals surface area contributed by atoms with E-state index in [0.29, 0.717) is 12.6 Å². The molecule has 144 valence electrons. The van der Waals surface area contributed by atoms with Crippen molar-refractivity contribution in [1.82, 2.24) is 20.0 Å². The molecule has 6 nitrogen and oxygen atoms in total. The molecule has 2 amide bonds. The first-order valence-corrected chi connectivity index (χ1v) is 9.91. The molecular weight excluding hydrogens is 316 g/mol. The standard InChI is InChI=1S/C19H36N4O2/c1-15(2)20-18(24)14-22-10-12-23(13-11-22)16(3)19(25)21(4)17-8-6-5-7-9-17/h15-17H,5-14H2,1-4H3,(H,20,24). The minimum Gasteiger partial charge on any atom is -0.353 e. The second-order valence-corrected chi connectivity index (χ2v) is 7.95. The van der Waals surface area contributed by atoms with Crippen LogP contribution in [0, 0.1) is 0 Å². The van der Waals surface area contributed by atoms with E-state index in [1.807, 2.05) is 32.7 Å². The summed E-state index contributed by atoms with van der Waals surface area (Å²) in [5.41, 5.74) is 0. The zero-order valence-corrected chi connectivity index (χ0v) is 16.5. The second kappa shape index (κ2) is 9.53. The van der Waals surface area contributed by atoms with Crippen molar-refractivity contribution in [3.8, 4) is 0 Å². The number of hydrogen-bond acceptors (Lipinski definition) is 4. The highest BCUT2D eigenvalue weighted by Gasteiger charge is 2.31. The van der Waals surface area contributed by atoms with Gasteiger partial charge in [-0.2, -0.15) is 0 Å². The third-order valence-electron chi connectivity index (χ3n) is 5.60. The Bertz CT molecular complexity index is 441. The fraction of sp³-hybridized carbons (Fsp3) is 0.895. The molecule has 0 aromatic rings. The van der Waals surface area contributed by atoms with Gasteiger partial charge in [0, 0.05) is 45.3 Å². The molecule has 6 heteroatoms. The summed E-state index contributed by atoms with van der Waals surface area (Å²) in [6, 6.07) is 0.532. The number of carbonyl (C=O) groups is 2. The lowest BCUT2D eigenvalue weighted by atomic mass is 9.94. The molecule has 1 saturated heterocycles. The van der Waals surface area contributed by atoms with Gasteiger partial charge in [0.1, 0.15) is 0 Å². The minimum atomic E-state index is -0.0708. The smallest absolute Gasteiger partial charge is 0.239 e. The van der Waals surface area contributed by atoms with Crippen LogP contribution in [0.4, 0.5) is 0 Å². The van der Waals surface area contributed by atoms with Crippen molar-refractivity contribution < 1.29 is 9.59 Å². The van der Waals surface area contributed by atoms with Crippen LogP contribution in [-0.2, 0) is 9.59 Å². The number of likely N-dealkylation sites (N-methyl/N-ethyl adjacent to an activating group) is 1. The zero-order chi connectivity index (χ0) is 18.4. The van der Waals surface area contributed by atoms with Crippen molar-refractivity contribution in [3.05, 3.63) is 0 Å². The molecule has 1 atom stereocenters. The number of piperazine rings is 1. The van der Waals surface area contributed by atoms with Crippen molar-refractivity contribution in [1.29, 1.82) is 0 Å². The van der Waals surface area contributed by atoms with Gasteiger partial charge in [-0.05, 0) is 33.6 Å². The average Bonchev–Trinajstić information content (AvgIpc) is 2.60. The van der Waals surface area contributed by atoms with E-state index in [-0.39, 0.29) is 23.9 Å². The SMILES string of the molecule is CC(C)NC(=O)CN1CCN(C(C)C(=O)N(C)C2CCCCC2)CC1. The summed E-state index contributed by atoms with van der Waals surface area (Å²) in [6.45, 7) is 9.82. The molecule has 0 spiro atoms. The highest BCUT2D eigenvalue weighted by molar-refractivity contribution is 5.81. The number of carbonyl (C=O) groups excluding carboxylic acids is 2. The molecule has 1 unspecified atom stereocenters. The lowest BCUT2D eigenvalue weighted by molar-refractivity contribution is -0.139. The maximum absolute atomic E-state index is 12.8. The van der Waals surface area contributed by atoms with E-state index in [2.05, 4.69) is 15.1 Å². The summed E-state index contributed by atoms with van der Waals surface area (Å²) >= 11 is 0. The number of amides is 2. The Kier molecular flexibility index (Phi) is 7.69. The first kappa shape index (κ1) is 20.2. The lowest BCUT2D eigenvalue weighted by Gasteiger charge is -2.40. The Labute approximate surface area is 152 Å². The van der Waals surface area contributed by atoms with Gasteiger partial charge in [0.2, 0.25) is 11.8 Å². The maximum Gasteiger partial charge on any atom is 0.239 e. The van der Waals surface area contributed by atoms with Crippen molar-refractivity contribution in [3.63, 3.8) is 0 Å². The predicted octanol–water partition coefficient (Wildman–Crippen LogP) is 1.31. The molecule has 1 N–H and O–H groups in total. The fourth-order valence-electron chi connectivity index (χ4n) is 3.98. The fourth-order valence-corrected chi connectivity index (χ4v) is 3.98.